The van der Waals surface area contributed by atoms with E-state index in [1.807, 2.05) is 0 Å². The number of rotatable bonds is 6. The van der Waals surface area contributed by atoms with Crippen molar-refractivity contribution in [3.8, 4) is 0 Å². The van der Waals surface area contributed by atoms with Crippen LogP contribution in [0, 0.1) is 51.2 Å². The third-order valence-corrected chi connectivity index (χ3v) is 16.8. The molecule has 9 atom stereocenters. The van der Waals surface area contributed by atoms with E-state index in [4.69, 9.17) is 11.6 Å². The molecule has 1 aromatic heterocycles. The largest absolute Gasteiger partial charge is 0.480 e. The van der Waals surface area contributed by atoms with Crippen LogP contribution in [0.1, 0.15) is 110 Å². The van der Waals surface area contributed by atoms with Crippen LogP contribution >= 0.6 is 11.6 Å². The zero-order valence-corrected chi connectivity index (χ0v) is 32.3. The van der Waals surface area contributed by atoms with Gasteiger partial charge in [-0.15, -0.1) is 0 Å². The predicted molar refractivity (Wildman–Crippen MR) is 206 cm³/mol. The fourth-order valence-corrected chi connectivity index (χ4v) is 14.6. The quantitative estimate of drug-likeness (QED) is 0.251. The van der Waals surface area contributed by atoms with Crippen molar-refractivity contribution >= 4 is 34.4 Å². The van der Waals surface area contributed by atoms with E-state index in [0.29, 0.717) is 23.7 Å². The first-order valence-electron chi connectivity index (χ1n) is 19.6. The summed E-state index contributed by atoms with van der Waals surface area (Å²) in [5.41, 5.74) is 6.59. The van der Waals surface area contributed by atoms with E-state index in [1.165, 1.54) is 52.6 Å². The van der Waals surface area contributed by atoms with Crippen LogP contribution in [0.5, 0.6) is 0 Å². The molecule has 5 nitrogen and oxygen atoms in total. The van der Waals surface area contributed by atoms with Gasteiger partial charge >= 0.3 is 5.97 Å². The number of carbonyl (C=O) groups excluding carboxylic acids is 1. The second-order valence-electron chi connectivity index (χ2n) is 18.9. The number of hydrogen-bond donors (Lipinski definition) is 2. The maximum absolute atomic E-state index is 14.1. The molecule has 1 heterocycles. The van der Waals surface area contributed by atoms with Crippen LogP contribution in [-0.4, -0.2) is 28.1 Å². The van der Waals surface area contributed by atoms with Gasteiger partial charge in [0.2, 0.25) is 5.91 Å². The Morgan fingerprint density at radius 1 is 0.922 bits per heavy atom. The molecule has 5 aliphatic carbocycles. The standard InChI is InChI=1S/C45H57ClN2O3/c1-27(2)30-17-20-45(40(51)47-25-37(49)50)22-21-43(6)33(38(30)45)14-16-36-42(5)24-32-31-23-29(46)13-15-34(31)48(26-28-11-9-8-10-12-28)39(32)41(3,4)35(42)18-19-44(36,43)7/h8-13,15,23,30,33,35-36,38H,1,14,16-22,24-26H2,2-7H3,(H,47,51)(H,49,50)/t30?,33?,35?,36?,38?,42-,43+,44+,45-/m0/s1. The van der Waals surface area contributed by atoms with Gasteiger partial charge in [0, 0.05) is 33.6 Å². The van der Waals surface area contributed by atoms with E-state index in [9.17, 15) is 14.7 Å². The number of aliphatic carboxylic acids is 1. The molecule has 1 amide bonds. The van der Waals surface area contributed by atoms with Gasteiger partial charge in [-0.1, -0.05) is 88.7 Å². The number of hydrogen-bond acceptors (Lipinski definition) is 2. The molecule has 2 N–H and O–H groups in total. The van der Waals surface area contributed by atoms with Crippen LogP contribution in [-0.2, 0) is 28.0 Å². The Bertz CT molecular complexity index is 1930. The maximum atomic E-state index is 14.1. The van der Waals surface area contributed by atoms with E-state index >= 15 is 0 Å². The second-order valence-corrected chi connectivity index (χ2v) is 19.3. The number of fused-ring (bicyclic) bond motifs is 10. The lowest BCUT2D eigenvalue weighted by atomic mass is 9.32. The predicted octanol–water partition coefficient (Wildman–Crippen LogP) is 10.2. The molecule has 0 aliphatic heterocycles. The Kier molecular flexibility index (Phi) is 8.05. The van der Waals surface area contributed by atoms with E-state index in [2.05, 4.69) is 107 Å². The summed E-state index contributed by atoms with van der Waals surface area (Å²) in [5, 5.41) is 14.4. The van der Waals surface area contributed by atoms with Crippen LogP contribution in [0.3, 0.4) is 0 Å². The fourth-order valence-electron chi connectivity index (χ4n) is 14.5. The van der Waals surface area contributed by atoms with E-state index < -0.39 is 11.4 Å². The van der Waals surface area contributed by atoms with Crippen molar-refractivity contribution in [3.63, 3.8) is 0 Å². The molecule has 5 unspecified atom stereocenters. The summed E-state index contributed by atoms with van der Waals surface area (Å²) in [5.74, 6) is 1.01. The van der Waals surface area contributed by atoms with Crippen LogP contribution < -0.4 is 5.32 Å². The Balaban J connectivity index is 1.21. The molecular formula is C45H57ClN2O3. The average Bonchev–Trinajstić information content (AvgIpc) is 3.61. The number of allylic oxidation sites excluding steroid dienone is 1. The lowest BCUT2D eigenvalue weighted by Crippen LogP contribution is -2.67. The number of nitrogens with zero attached hydrogens (tertiary/aromatic N) is 1. The van der Waals surface area contributed by atoms with Crippen LogP contribution in [0.2, 0.25) is 5.02 Å². The summed E-state index contributed by atoms with van der Waals surface area (Å²) in [4.78, 5) is 25.6. The molecule has 4 saturated carbocycles. The highest BCUT2D eigenvalue weighted by atomic mass is 35.5. The number of nitrogens with one attached hydrogen (secondary N) is 1. The Hall–Kier alpha value is -3.05. The Morgan fingerprint density at radius 3 is 2.37 bits per heavy atom. The summed E-state index contributed by atoms with van der Waals surface area (Å²) in [6, 6.07) is 17.4. The van der Waals surface area contributed by atoms with Gasteiger partial charge in [-0.25, -0.2) is 0 Å². The third kappa shape index (κ3) is 4.77. The normalized spacial score (nSPS) is 37.7. The zero-order chi connectivity index (χ0) is 36.3. The highest BCUT2D eigenvalue weighted by Crippen LogP contribution is 2.77. The summed E-state index contributed by atoms with van der Waals surface area (Å²) >= 11 is 6.78. The number of benzene rings is 2. The summed E-state index contributed by atoms with van der Waals surface area (Å²) in [6.45, 7) is 20.1. The van der Waals surface area contributed by atoms with Gasteiger partial charge in [0.05, 0.1) is 5.41 Å². The minimum absolute atomic E-state index is 0.0257. The van der Waals surface area contributed by atoms with Crippen molar-refractivity contribution in [3.05, 3.63) is 82.5 Å². The first kappa shape index (κ1) is 35.0. The van der Waals surface area contributed by atoms with E-state index in [-0.39, 0.29) is 40.0 Å². The highest BCUT2D eigenvalue weighted by molar-refractivity contribution is 6.31. The van der Waals surface area contributed by atoms with Gasteiger partial charge in [0.25, 0.3) is 0 Å². The molecule has 0 bridgehead atoms. The highest BCUT2D eigenvalue weighted by Gasteiger charge is 2.72. The summed E-state index contributed by atoms with van der Waals surface area (Å²) < 4.78 is 2.62. The molecule has 2 aromatic carbocycles. The molecule has 5 aliphatic rings. The van der Waals surface area contributed by atoms with Crippen molar-refractivity contribution in [2.24, 2.45) is 51.2 Å². The van der Waals surface area contributed by atoms with Crippen molar-refractivity contribution < 1.29 is 14.7 Å². The lowest BCUT2D eigenvalue weighted by Gasteiger charge is -2.72. The number of halogens is 1. The Labute approximate surface area is 309 Å². The lowest BCUT2D eigenvalue weighted by molar-refractivity contribution is -0.225. The number of carboxylic acid groups (broad SMARTS) is 1. The first-order valence-corrected chi connectivity index (χ1v) is 20.0. The van der Waals surface area contributed by atoms with Gasteiger partial charge in [0.1, 0.15) is 6.54 Å². The molecular weight excluding hydrogens is 652 g/mol. The third-order valence-electron chi connectivity index (χ3n) is 16.5. The van der Waals surface area contributed by atoms with Crippen LogP contribution in [0.4, 0.5) is 0 Å². The number of carbonyl (C=O) groups is 2. The van der Waals surface area contributed by atoms with Crippen LogP contribution in [0.15, 0.2) is 60.7 Å². The summed E-state index contributed by atoms with van der Waals surface area (Å²) in [6.07, 6.45) is 9.42. The smallest absolute Gasteiger partial charge is 0.322 e. The van der Waals surface area contributed by atoms with Crippen molar-refractivity contribution in [1.29, 1.82) is 0 Å². The van der Waals surface area contributed by atoms with Gasteiger partial charge in [-0.2, -0.15) is 0 Å². The minimum Gasteiger partial charge on any atom is -0.480 e. The number of amides is 1. The second kappa shape index (κ2) is 11.7. The topological polar surface area (TPSA) is 71.3 Å². The van der Waals surface area contributed by atoms with E-state index in [0.717, 1.165) is 50.1 Å². The van der Waals surface area contributed by atoms with E-state index in [1.54, 1.807) is 0 Å². The zero-order valence-electron chi connectivity index (χ0n) is 31.6. The van der Waals surface area contributed by atoms with Gasteiger partial charge < -0.3 is 15.0 Å². The molecule has 6 heteroatoms. The molecule has 272 valence electrons. The molecule has 0 saturated heterocycles. The molecule has 0 spiro atoms. The maximum Gasteiger partial charge on any atom is 0.322 e. The number of carboxylic acids is 1. The minimum atomic E-state index is -0.978. The molecule has 8 rings (SSSR count). The summed E-state index contributed by atoms with van der Waals surface area (Å²) in [7, 11) is 0. The Morgan fingerprint density at radius 2 is 1.67 bits per heavy atom. The van der Waals surface area contributed by atoms with Crippen LogP contribution in [0.25, 0.3) is 10.9 Å². The SMILES string of the molecule is C=C(C)C1CC[C@]2(C(=O)NCC(=O)O)CC[C@]3(C)C(CCC4[C@@]5(C)Cc6c(n(Cc7ccccc7)c7ccc(Cl)cc67)C(C)(C)C5CC[C@]43C)C12. The van der Waals surface area contributed by atoms with Gasteiger partial charge in [0.15, 0.2) is 0 Å². The number of aromatic nitrogens is 1. The molecule has 51 heavy (non-hydrogen) atoms. The van der Waals surface area contributed by atoms with Gasteiger partial charge in [-0.05, 0) is 140 Å². The molecule has 3 aromatic rings. The van der Waals surface area contributed by atoms with Crippen molar-refractivity contribution in [1.82, 2.24) is 9.88 Å². The van der Waals surface area contributed by atoms with Crippen molar-refractivity contribution in [2.45, 2.75) is 111 Å². The van der Waals surface area contributed by atoms with Gasteiger partial charge in [-0.3, -0.25) is 9.59 Å². The molecule has 4 fully saturated rings. The average molecular weight is 709 g/mol. The molecule has 0 radical (unpaired) electrons. The first-order chi connectivity index (χ1) is 24.1. The monoisotopic (exact) mass is 708 g/mol. The fraction of sp³-hybridized carbons (Fsp3) is 0.600. The van der Waals surface area contributed by atoms with Crippen molar-refractivity contribution in [2.75, 3.05) is 6.54 Å².